The minimum atomic E-state index is -0.627. The number of nitrogens with two attached hydrogens (primary N) is 1. The van der Waals surface area contributed by atoms with Gasteiger partial charge in [-0.3, -0.25) is 4.79 Å². The van der Waals surface area contributed by atoms with Crippen LogP contribution in [0.3, 0.4) is 0 Å². The molecule has 1 aliphatic rings. The van der Waals surface area contributed by atoms with Gasteiger partial charge in [0.05, 0.1) is 12.0 Å². The van der Waals surface area contributed by atoms with Crippen LogP contribution in [0.1, 0.15) is 6.92 Å². The average molecular weight is 187 g/mol. The molecule has 1 unspecified atom stereocenters. The summed E-state index contributed by atoms with van der Waals surface area (Å²) in [5.74, 6) is -0.954. The van der Waals surface area contributed by atoms with E-state index in [1.165, 1.54) is 4.90 Å². The molecule has 0 aliphatic carbocycles. The maximum Gasteiger partial charge on any atom is 0.233 e. The van der Waals surface area contributed by atoms with Crippen LogP contribution in [0.25, 0.3) is 0 Å². The van der Waals surface area contributed by atoms with E-state index in [1.807, 2.05) is 0 Å². The lowest BCUT2D eigenvalue weighted by Gasteiger charge is -2.37. The van der Waals surface area contributed by atoms with Crippen molar-refractivity contribution in [1.82, 2.24) is 4.90 Å². The molecule has 0 aromatic carbocycles. The molecule has 6 nitrogen and oxygen atoms in total. The summed E-state index contributed by atoms with van der Waals surface area (Å²) in [5, 5.41) is 20.0. The second-order valence-electron chi connectivity index (χ2n) is 3.14. The highest BCUT2D eigenvalue weighted by molar-refractivity contribution is 6.01. The molecule has 1 aliphatic heterocycles. The first-order chi connectivity index (χ1) is 6.06. The average Bonchev–Trinajstić information content (AvgIpc) is 2.09. The van der Waals surface area contributed by atoms with Crippen LogP contribution in [-0.4, -0.2) is 46.1 Å². The van der Waals surface area contributed by atoms with Crippen molar-refractivity contribution in [3.8, 4) is 0 Å². The first-order valence-electron chi connectivity index (χ1n) is 4.00. The molecule has 1 saturated heterocycles. The standard InChI is InChI=1S/C7H13N3O3/c1-4(6(8)9-13)7(12)10-2-5(11)3-10/h4-5,11,13H,2-3H2,1H3,(H2,8,9). The number of carbonyl (C=O) groups excluding carboxylic acids is 1. The Morgan fingerprint density at radius 1 is 1.69 bits per heavy atom. The lowest BCUT2D eigenvalue weighted by molar-refractivity contribution is -0.143. The van der Waals surface area contributed by atoms with Crippen molar-refractivity contribution < 1.29 is 15.1 Å². The third-order valence-electron chi connectivity index (χ3n) is 2.10. The molecule has 0 spiro atoms. The van der Waals surface area contributed by atoms with Crippen molar-refractivity contribution in [2.75, 3.05) is 13.1 Å². The molecule has 1 atom stereocenters. The number of hydrogen-bond donors (Lipinski definition) is 3. The van der Waals surface area contributed by atoms with Crippen molar-refractivity contribution in [3.05, 3.63) is 0 Å². The number of β-amino-alcohol motifs (C(OH)–C–C–N with tert-alkyl or cyclic N) is 1. The predicted molar refractivity (Wildman–Crippen MR) is 45.2 cm³/mol. The number of likely N-dealkylation sites (tertiary alicyclic amines) is 1. The minimum absolute atomic E-state index is 0.105. The Kier molecular flexibility index (Phi) is 2.72. The van der Waals surface area contributed by atoms with Crippen molar-refractivity contribution in [2.24, 2.45) is 16.8 Å². The van der Waals surface area contributed by atoms with E-state index in [2.05, 4.69) is 5.16 Å². The summed E-state index contributed by atoms with van der Waals surface area (Å²) in [6, 6.07) is 0. The van der Waals surface area contributed by atoms with Crippen LogP contribution in [0.2, 0.25) is 0 Å². The van der Waals surface area contributed by atoms with E-state index in [-0.39, 0.29) is 11.7 Å². The lowest BCUT2D eigenvalue weighted by atomic mass is 10.1. The van der Waals surface area contributed by atoms with Gasteiger partial charge >= 0.3 is 0 Å². The summed E-state index contributed by atoms with van der Waals surface area (Å²) in [6.07, 6.45) is -0.427. The lowest BCUT2D eigenvalue weighted by Crippen LogP contribution is -2.56. The molecule has 1 heterocycles. The van der Waals surface area contributed by atoms with Crippen molar-refractivity contribution >= 4 is 11.7 Å². The first-order valence-corrected chi connectivity index (χ1v) is 4.00. The molecular formula is C7H13N3O3. The Balaban J connectivity index is 2.48. The highest BCUT2D eigenvalue weighted by Gasteiger charge is 2.32. The Bertz CT molecular complexity index is 235. The number of aliphatic hydroxyl groups excluding tert-OH is 1. The summed E-state index contributed by atoms with van der Waals surface area (Å²) < 4.78 is 0. The largest absolute Gasteiger partial charge is 0.409 e. The van der Waals surface area contributed by atoms with Gasteiger partial charge in [-0.25, -0.2) is 0 Å². The minimum Gasteiger partial charge on any atom is -0.409 e. The summed E-state index contributed by atoms with van der Waals surface area (Å²) in [4.78, 5) is 12.9. The van der Waals surface area contributed by atoms with Gasteiger partial charge in [-0.15, -0.1) is 0 Å². The zero-order chi connectivity index (χ0) is 10.0. The van der Waals surface area contributed by atoms with Crippen molar-refractivity contribution in [1.29, 1.82) is 0 Å². The highest BCUT2D eigenvalue weighted by Crippen LogP contribution is 2.12. The third kappa shape index (κ3) is 1.89. The van der Waals surface area contributed by atoms with Gasteiger partial charge in [0, 0.05) is 13.1 Å². The van der Waals surface area contributed by atoms with Gasteiger partial charge in [-0.2, -0.15) is 0 Å². The first kappa shape index (κ1) is 9.79. The maximum atomic E-state index is 11.4. The van der Waals surface area contributed by atoms with E-state index in [0.29, 0.717) is 13.1 Å². The van der Waals surface area contributed by atoms with Crippen LogP contribution in [0, 0.1) is 5.92 Å². The third-order valence-corrected chi connectivity index (χ3v) is 2.10. The maximum absolute atomic E-state index is 11.4. The second kappa shape index (κ2) is 3.61. The van der Waals surface area contributed by atoms with E-state index in [4.69, 9.17) is 16.0 Å². The molecule has 13 heavy (non-hydrogen) atoms. The number of hydrogen-bond acceptors (Lipinski definition) is 4. The van der Waals surface area contributed by atoms with Gasteiger partial charge in [-0.1, -0.05) is 5.16 Å². The monoisotopic (exact) mass is 187 g/mol. The van der Waals surface area contributed by atoms with Crippen molar-refractivity contribution in [3.63, 3.8) is 0 Å². The molecule has 0 aromatic heterocycles. The Hall–Kier alpha value is -1.30. The number of nitrogens with zero attached hydrogens (tertiary/aromatic N) is 2. The normalized spacial score (nSPS) is 21.1. The molecule has 1 fully saturated rings. The molecule has 0 aromatic rings. The van der Waals surface area contributed by atoms with Crippen LogP contribution in [0.5, 0.6) is 0 Å². The Morgan fingerprint density at radius 3 is 2.62 bits per heavy atom. The summed E-state index contributed by atoms with van der Waals surface area (Å²) in [6.45, 7) is 2.23. The van der Waals surface area contributed by atoms with Crippen LogP contribution in [-0.2, 0) is 4.79 Å². The molecule has 0 bridgehead atoms. The van der Waals surface area contributed by atoms with E-state index in [9.17, 15) is 4.79 Å². The second-order valence-corrected chi connectivity index (χ2v) is 3.14. The molecule has 1 rings (SSSR count). The fraction of sp³-hybridized carbons (Fsp3) is 0.714. The molecule has 1 amide bonds. The Morgan fingerprint density at radius 2 is 2.23 bits per heavy atom. The summed E-state index contributed by atoms with van der Waals surface area (Å²) in [7, 11) is 0. The number of carbonyl (C=O) groups is 1. The summed E-state index contributed by atoms with van der Waals surface area (Å²) >= 11 is 0. The fourth-order valence-corrected chi connectivity index (χ4v) is 1.12. The van der Waals surface area contributed by atoms with Gasteiger partial charge in [0.1, 0.15) is 0 Å². The van der Waals surface area contributed by atoms with Gasteiger partial charge in [0.25, 0.3) is 0 Å². The SMILES string of the molecule is CC(C(=O)N1CC(O)C1)/C(N)=N/O. The quantitative estimate of drug-likeness (QED) is 0.213. The molecule has 4 N–H and O–H groups in total. The van der Waals surface area contributed by atoms with Gasteiger partial charge in [0.2, 0.25) is 5.91 Å². The summed E-state index contributed by atoms with van der Waals surface area (Å²) in [5.41, 5.74) is 5.26. The molecular weight excluding hydrogens is 174 g/mol. The van der Waals surface area contributed by atoms with E-state index < -0.39 is 12.0 Å². The molecule has 0 radical (unpaired) electrons. The number of aliphatic hydroxyl groups is 1. The fourth-order valence-electron chi connectivity index (χ4n) is 1.12. The number of oxime groups is 1. The van der Waals surface area contributed by atoms with Crippen molar-refractivity contribution in [2.45, 2.75) is 13.0 Å². The van der Waals surface area contributed by atoms with Gasteiger partial charge in [-0.05, 0) is 6.92 Å². The zero-order valence-electron chi connectivity index (χ0n) is 7.34. The van der Waals surface area contributed by atoms with Crippen LogP contribution < -0.4 is 5.73 Å². The zero-order valence-corrected chi connectivity index (χ0v) is 7.34. The van der Waals surface area contributed by atoms with Gasteiger partial charge in [0.15, 0.2) is 5.84 Å². The van der Waals surface area contributed by atoms with Crippen LogP contribution in [0.15, 0.2) is 5.16 Å². The van der Waals surface area contributed by atoms with Crippen LogP contribution >= 0.6 is 0 Å². The van der Waals surface area contributed by atoms with E-state index in [0.717, 1.165) is 0 Å². The van der Waals surface area contributed by atoms with E-state index in [1.54, 1.807) is 6.92 Å². The topological polar surface area (TPSA) is 99.2 Å². The Labute approximate surface area is 75.6 Å². The molecule has 0 saturated carbocycles. The van der Waals surface area contributed by atoms with Gasteiger partial charge < -0.3 is 20.9 Å². The molecule has 74 valence electrons. The molecule has 6 heteroatoms. The van der Waals surface area contributed by atoms with E-state index >= 15 is 0 Å². The smallest absolute Gasteiger partial charge is 0.233 e. The number of amidine groups is 1. The predicted octanol–water partition coefficient (Wildman–Crippen LogP) is -1.43. The number of amides is 1. The highest BCUT2D eigenvalue weighted by atomic mass is 16.4. The van der Waals surface area contributed by atoms with Crippen LogP contribution in [0.4, 0.5) is 0 Å². The number of rotatable bonds is 2.